The van der Waals surface area contributed by atoms with Crippen molar-refractivity contribution in [2.75, 3.05) is 0 Å². The molecule has 21 unspecified atom stereocenters. The van der Waals surface area contributed by atoms with Gasteiger partial charge in [-0.15, -0.1) is 0 Å². The van der Waals surface area contributed by atoms with E-state index in [1.54, 1.807) is 327 Å². The van der Waals surface area contributed by atoms with Crippen molar-refractivity contribution in [1.82, 2.24) is 14.7 Å². The first kappa shape index (κ1) is 62.3. The molecule has 0 N–H and O–H groups in total. The van der Waals surface area contributed by atoms with Gasteiger partial charge in [-0.05, 0) is 358 Å². The van der Waals surface area contributed by atoms with Gasteiger partial charge in [-0.1, -0.05) is 154 Å². The number of nitrogens with zero attached hydrogens (tertiary/aromatic N) is 3. The molecule has 3 nitrogen and oxygen atoms in total. The van der Waals surface area contributed by atoms with E-state index in [4.69, 9.17) is 0 Å². The molecule has 19 aliphatic carbocycles. The van der Waals surface area contributed by atoms with Crippen molar-refractivity contribution in [1.29, 1.82) is 0 Å². The van der Waals surface area contributed by atoms with E-state index in [2.05, 4.69) is 14.7 Å². The van der Waals surface area contributed by atoms with Crippen LogP contribution in [0.15, 0.2) is 0 Å². The zero-order valence-electron chi connectivity index (χ0n) is 61.3. The summed E-state index contributed by atoms with van der Waals surface area (Å²) in [5.74, 6) is 31.7. The fourth-order valence-corrected chi connectivity index (χ4v) is 38.9. The molecule has 0 spiro atoms. The topological polar surface area (TPSA) is 9.72 Å². The first-order chi connectivity index (χ1) is 47.1. The Balaban J connectivity index is 0.635. The Morgan fingerprint density at radius 2 is 0.495 bits per heavy atom. The minimum Gasteiger partial charge on any atom is -0.295 e. The molecule has 0 aromatic heterocycles. The largest absolute Gasteiger partial charge is 0.295 e. The first-order valence-electron chi connectivity index (χ1n) is 46.4. The van der Waals surface area contributed by atoms with Crippen molar-refractivity contribution >= 4 is 6.71 Å². The van der Waals surface area contributed by atoms with E-state index in [0.717, 1.165) is 232 Å². The van der Waals surface area contributed by atoms with Gasteiger partial charge >= 0.3 is 0 Å². The maximum absolute atomic E-state index is 3.80. The highest BCUT2D eigenvalue weighted by Gasteiger charge is 2.69. The number of rotatable bonds is 7. The molecule has 95 heavy (non-hydrogen) atoms. The van der Waals surface area contributed by atoms with Crippen LogP contribution in [0.5, 0.6) is 0 Å². The third-order valence-electron chi connectivity index (χ3n) is 40.8. The SMILES string of the molecule is C1CCC(C2CCC(N3C4CC(C5CC[C@@H]6C7CCCC8CCCC(C87)[C@@H]7CCC[C@H]5C67)CCC4B4C5C3CC(N3C6CC7CC(C6)CC3C7)CC5N(C3CCC(C5CCCCC5)CC3)[C@H]3C[C@@H](C5CCC6C7C5CCC[C@@H]7C5CCCC7CCCC6[C@@H]75)CCC43)CC2)CC1. The maximum atomic E-state index is 3.80. The van der Waals surface area contributed by atoms with E-state index in [-0.39, 0.29) is 0 Å². The Hall–Kier alpha value is -0.0551. The summed E-state index contributed by atoms with van der Waals surface area (Å²) < 4.78 is 0. The van der Waals surface area contributed by atoms with Crippen molar-refractivity contribution in [3.05, 3.63) is 0 Å². The normalized spacial score (nSPS) is 57.5. The second-order valence-electron chi connectivity index (χ2n) is 43.1. The van der Waals surface area contributed by atoms with Gasteiger partial charge in [0.25, 0.3) is 0 Å². The Labute approximate surface area is 584 Å². The second-order valence-corrected chi connectivity index (χ2v) is 43.1. The minimum atomic E-state index is 0.860. The lowest BCUT2D eigenvalue weighted by Gasteiger charge is -2.72. The smallest absolute Gasteiger partial charge is 0.156 e. The molecule has 4 bridgehead atoms. The van der Waals surface area contributed by atoms with Crippen LogP contribution in [0.25, 0.3) is 0 Å². The zero-order valence-corrected chi connectivity index (χ0v) is 61.3. The van der Waals surface area contributed by atoms with Crippen molar-refractivity contribution < 1.29 is 0 Å². The highest BCUT2D eigenvalue weighted by atomic mass is 15.3. The van der Waals surface area contributed by atoms with Gasteiger partial charge in [0.15, 0.2) is 6.71 Å². The van der Waals surface area contributed by atoms with Crippen LogP contribution in [-0.4, -0.2) is 75.8 Å². The summed E-state index contributed by atoms with van der Waals surface area (Å²) in [5.41, 5.74) is 0. The van der Waals surface area contributed by atoms with Crippen LogP contribution in [-0.2, 0) is 0 Å². The van der Waals surface area contributed by atoms with Crippen LogP contribution >= 0.6 is 0 Å². The zero-order chi connectivity index (χ0) is 61.7. The minimum absolute atomic E-state index is 0.860. The Bertz CT molecular complexity index is 2450. The summed E-state index contributed by atoms with van der Waals surface area (Å²) in [6.45, 7) is 1.03. The summed E-state index contributed by atoms with van der Waals surface area (Å²) in [4.78, 5) is 11.1. The van der Waals surface area contributed by atoms with Crippen LogP contribution in [0.2, 0.25) is 17.5 Å². The van der Waals surface area contributed by atoms with E-state index in [1.165, 1.54) is 12.8 Å². The number of fused-ring (bicyclic) bond motifs is 8. The van der Waals surface area contributed by atoms with Crippen molar-refractivity contribution in [2.45, 2.75) is 412 Å². The lowest BCUT2D eigenvalue weighted by atomic mass is 9.18. The van der Waals surface area contributed by atoms with Gasteiger partial charge in [-0.25, -0.2) is 0 Å². The monoisotopic (exact) mass is 1290 g/mol. The van der Waals surface area contributed by atoms with Gasteiger partial charge < -0.3 is 0 Å². The molecule has 0 amide bonds. The third kappa shape index (κ3) is 10.1. The summed E-state index contributed by atoms with van der Waals surface area (Å²) in [6, 6.07) is 8.07. The van der Waals surface area contributed by atoms with Gasteiger partial charge in [0.2, 0.25) is 0 Å². The Morgan fingerprint density at radius 1 is 0.179 bits per heavy atom. The van der Waals surface area contributed by atoms with E-state index in [1.807, 2.05) is 0 Å². The summed E-state index contributed by atoms with van der Waals surface area (Å²) in [7, 11) is 0. The molecule has 4 heteroatoms. The van der Waals surface area contributed by atoms with Gasteiger partial charge in [0.05, 0.1) is 0 Å². The average molecular weight is 1290 g/mol. The molecule has 4 aliphatic heterocycles. The third-order valence-corrected chi connectivity index (χ3v) is 40.8. The van der Waals surface area contributed by atoms with Gasteiger partial charge in [-0.2, -0.15) is 0 Å². The molecule has 526 valence electrons. The fraction of sp³-hybridized carbons (Fsp3) is 1.00. The van der Waals surface area contributed by atoms with Crippen LogP contribution < -0.4 is 0 Å². The van der Waals surface area contributed by atoms with Crippen LogP contribution in [0.3, 0.4) is 0 Å². The van der Waals surface area contributed by atoms with Crippen molar-refractivity contribution in [2.24, 2.45) is 154 Å². The number of hydrogen-bond donors (Lipinski definition) is 0. The van der Waals surface area contributed by atoms with E-state index in [0.29, 0.717) is 0 Å². The van der Waals surface area contributed by atoms with Crippen molar-refractivity contribution in [3.8, 4) is 0 Å². The number of hydrogen-bond acceptors (Lipinski definition) is 3. The number of piperidine rings is 2. The highest BCUT2D eigenvalue weighted by molar-refractivity contribution is 6.65. The highest BCUT2D eigenvalue weighted by Crippen LogP contribution is 2.72. The molecule has 19 saturated carbocycles. The lowest BCUT2D eigenvalue weighted by molar-refractivity contribution is -0.161. The Morgan fingerprint density at radius 3 is 0.905 bits per heavy atom. The lowest BCUT2D eigenvalue weighted by Crippen LogP contribution is -2.76. The molecule has 4 heterocycles. The molecule has 0 radical (unpaired) electrons. The summed E-state index contributed by atoms with van der Waals surface area (Å²) >= 11 is 0. The molecule has 0 aromatic rings. The molecular formula is C91H144BN3. The Kier molecular flexibility index (Phi) is 16.6. The van der Waals surface area contributed by atoms with E-state index in [9.17, 15) is 0 Å². The van der Waals surface area contributed by atoms with E-state index >= 15 is 0 Å². The van der Waals surface area contributed by atoms with Crippen LogP contribution in [0, 0.1) is 154 Å². The molecule has 4 saturated heterocycles. The fourth-order valence-electron chi connectivity index (χ4n) is 38.9. The predicted octanol–water partition coefficient (Wildman–Crippen LogP) is 22.8. The summed E-state index contributed by atoms with van der Waals surface area (Å²) in [5, 5.41) is 0. The molecule has 0 aromatic carbocycles. The van der Waals surface area contributed by atoms with Gasteiger partial charge in [0.1, 0.15) is 0 Å². The maximum Gasteiger partial charge on any atom is 0.156 e. The second kappa shape index (κ2) is 25.3. The van der Waals surface area contributed by atoms with Crippen molar-refractivity contribution in [3.63, 3.8) is 0 Å². The standard InChI is InChI=1S/C91H144BN3/c1-3-13-56(14-4-1)58-29-35-64(36-30-58)94-83-50-62(69-39-41-79-75-23-9-19-60-17-7-21-73(87(60)75)77-27-11-25-71(69)89(77)79)33-43-81(83)92-82-44-34-63(70-40-42-80-76-24-10-20-61-18-8-22-74(88(61)76)78-28-12-26-72(70)90(78)80)51-84(82)95(65-37-31-59(32-38-65)57-15-5-2-6-16-57)86-53-68(52-85(94)91(86)92)93-66-46-54-45-55(48-66)49-67(93)47-54/h54-91H,1-53H2/t54?,55?,58?,59?,60?,61?,62-,63?,64?,65?,66?,67?,68?,69?,70?,71?,72+,73?,74?,75?,76?,77+,78-,79?,80+,81?,82?,83-,84?,85?,86?,87-,88?,89?,90?,91?/m0/s1. The predicted molar refractivity (Wildman–Crippen MR) is 392 cm³/mol. The molecule has 23 rings (SSSR count). The molecule has 23 fully saturated rings. The molecule has 23 aliphatic rings. The van der Waals surface area contributed by atoms with Crippen LogP contribution in [0.4, 0.5) is 0 Å². The average Bonchev–Trinajstić information content (AvgIpc) is 0.696. The van der Waals surface area contributed by atoms with Gasteiger partial charge in [0, 0.05) is 54.4 Å². The first-order valence-corrected chi connectivity index (χ1v) is 46.4. The van der Waals surface area contributed by atoms with Gasteiger partial charge in [-0.3, -0.25) is 14.7 Å². The van der Waals surface area contributed by atoms with Crippen LogP contribution in [0.1, 0.15) is 340 Å². The molecular weight excluding hydrogens is 1150 g/mol. The summed E-state index contributed by atoms with van der Waals surface area (Å²) in [6.07, 6.45) is 85.6. The van der Waals surface area contributed by atoms with E-state index < -0.39 is 0 Å². The quantitative estimate of drug-likeness (QED) is 0.235. The molecule has 28 atom stereocenters.